The summed E-state index contributed by atoms with van der Waals surface area (Å²) in [7, 11) is 2.79. The Labute approximate surface area is 97.5 Å². The second kappa shape index (κ2) is 3.63. The van der Waals surface area contributed by atoms with Crippen LogP contribution in [0.1, 0.15) is 0 Å². The fourth-order valence-corrected chi connectivity index (χ4v) is 3.36. The lowest BCUT2D eigenvalue weighted by Gasteiger charge is -2.19. The largest absolute Gasteiger partial charge is 0.377 e. The van der Waals surface area contributed by atoms with Gasteiger partial charge in [-0.3, -0.25) is 5.10 Å². The van der Waals surface area contributed by atoms with Crippen molar-refractivity contribution in [1.82, 2.24) is 10.2 Å². The summed E-state index contributed by atoms with van der Waals surface area (Å²) in [5.41, 5.74) is 2.33. The maximum atomic E-state index is 4.41. The summed E-state index contributed by atoms with van der Waals surface area (Å²) < 4.78 is 0. The molecule has 0 amide bonds. The summed E-state index contributed by atoms with van der Waals surface area (Å²) in [6, 6.07) is 6.29. The molecule has 0 radical (unpaired) electrons. The molecular weight excluding hydrogens is 214 g/mol. The topological polar surface area (TPSA) is 31.9 Å². The standard InChI is InChI=1S/C12H19N3Si/c1-15(2)10-8-6-7-9-11(10)12(14-13-9)16(3,4)5/h6-8H,1-5H3,(H,13,14). The fraction of sp³-hybridized carbons (Fsp3) is 0.417. The number of aromatic nitrogens is 2. The van der Waals surface area contributed by atoms with Crippen LogP contribution in [0.4, 0.5) is 5.69 Å². The highest BCUT2D eigenvalue weighted by molar-refractivity contribution is 6.89. The summed E-state index contributed by atoms with van der Waals surface area (Å²) >= 11 is 0. The molecule has 1 heterocycles. The molecule has 0 aliphatic rings. The summed E-state index contributed by atoms with van der Waals surface area (Å²) in [6.45, 7) is 7.02. The number of hydrogen-bond donors (Lipinski definition) is 1. The van der Waals surface area contributed by atoms with Crippen molar-refractivity contribution in [3.63, 3.8) is 0 Å². The van der Waals surface area contributed by atoms with Gasteiger partial charge in [0.1, 0.15) is 8.07 Å². The van der Waals surface area contributed by atoms with Gasteiger partial charge in [0.15, 0.2) is 0 Å². The van der Waals surface area contributed by atoms with E-state index in [4.69, 9.17) is 0 Å². The summed E-state index contributed by atoms with van der Waals surface area (Å²) in [4.78, 5) is 2.15. The molecule has 0 unspecified atom stereocenters. The van der Waals surface area contributed by atoms with E-state index in [-0.39, 0.29) is 0 Å². The van der Waals surface area contributed by atoms with Crippen molar-refractivity contribution in [2.45, 2.75) is 19.6 Å². The molecule has 0 spiro atoms. The van der Waals surface area contributed by atoms with E-state index in [2.05, 4.69) is 67.0 Å². The van der Waals surface area contributed by atoms with Crippen molar-refractivity contribution in [3.8, 4) is 0 Å². The van der Waals surface area contributed by atoms with E-state index in [1.807, 2.05) is 0 Å². The number of aromatic amines is 1. The summed E-state index contributed by atoms with van der Waals surface area (Å²) in [6.07, 6.45) is 0. The van der Waals surface area contributed by atoms with Gasteiger partial charge in [-0.1, -0.05) is 25.7 Å². The average Bonchev–Trinajstić information content (AvgIpc) is 2.59. The van der Waals surface area contributed by atoms with Gasteiger partial charge in [0.25, 0.3) is 0 Å². The molecule has 0 aliphatic heterocycles. The molecule has 86 valence electrons. The Kier molecular flexibility index (Phi) is 2.54. The number of H-pyrrole nitrogens is 1. The maximum Gasteiger partial charge on any atom is 0.101 e. The first kappa shape index (κ1) is 11.2. The Morgan fingerprint density at radius 3 is 2.44 bits per heavy atom. The number of hydrogen-bond acceptors (Lipinski definition) is 2. The van der Waals surface area contributed by atoms with Crippen LogP contribution in [-0.4, -0.2) is 32.4 Å². The molecule has 2 aromatic rings. The first-order valence-electron chi connectivity index (χ1n) is 5.56. The highest BCUT2D eigenvalue weighted by atomic mass is 28.3. The van der Waals surface area contributed by atoms with Crippen molar-refractivity contribution >= 4 is 30.0 Å². The number of nitrogens with zero attached hydrogens (tertiary/aromatic N) is 2. The lowest BCUT2D eigenvalue weighted by Crippen LogP contribution is -2.39. The van der Waals surface area contributed by atoms with Crippen LogP contribution in [0.3, 0.4) is 0 Å². The molecular formula is C12H19N3Si. The number of benzene rings is 1. The van der Waals surface area contributed by atoms with Gasteiger partial charge >= 0.3 is 0 Å². The van der Waals surface area contributed by atoms with Gasteiger partial charge in [0.2, 0.25) is 0 Å². The van der Waals surface area contributed by atoms with E-state index in [9.17, 15) is 0 Å². The van der Waals surface area contributed by atoms with Gasteiger partial charge in [-0.25, -0.2) is 0 Å². The molecule has 0 fully saturated rings. The molecule has 0 atom stereocenters. The van der Waals surface area contributed by atoms with Gasteiger partial charge in [0, 0.05) is 30.5 Å². The molecule has 1 aromatic carbocycles. The van der Waals surface area contributed by atoms with Crippen LogP contribution in [0.2, 0.25) is 19.6 Å². The van der Waals surface area contributed by atoms with E-state index in [1.165, 1.54) is 16.4 Å². The first-order valence-corrected chi connectivity index (χ1v) is 9.06. The minimum Gasteiger partial charge on any atom is -0.377 e. The third-order valence-corrected chi connectivity index (χ3v) is 4.65. The minimum absolute atomic E-state index is 1.07. The molecule has 1 aromatic heterocycles. The number of nitrogens with one attached hydrogen (secondary N) is 1. The van der Waals surface area contributed by atoms with E-state index < -0.39 is 8.07 Å². The van der Waals surface area contributed by atoms with Crippen molar-refractivity contribution in [3.05, 3.63) is 18.2 Å². The van der Waals surface area contributed by atoms with Gasteiger partial charge < -0.3 is 4.90 Å². The lowest BCUT2D eigenvalue weighted by molar-refractivity contribution is 1.14. The Morgan fingerprint density at radius 2 is 1.88 bits per heavy atom. The van der Waals surface area contributed by atoms with Gasteiger partial charge in [-0.05, 0) is 12.1 Å². The zero-order valence-electron chi connectivity index (χ0n) is 10.6. The fourth-order valence-electron chi connectivity index (χ4n) is 1.97. The van der Waals surface area contributed by atoms with E-state index in [0.717, 1.165) is 5.52 Å². The van der Waals surface area contributed by atoms with Crippen molar-refractivity contribution < 1.29 is 0 Å². The van der Waals surface area contributed by atoms with Crippen LogP contribution >= 0.6 is 0 Å². The van der Waals surface area contributed by atoms with E-state index in [1.54, 1.807) is 0 Å². The SMILES string of the molecule is CN(C)c1cccc2n[nH]c([Si](C)(C)C)c12. The van der Waals surface area contributed by atoms with Gasteiger partial charge in [-0.15, -0.1) is 0 Å². The molecule has 0 saturated heterocycles. The second-order valence-corrected chi connectivity index (χ2v) is 10.4. The van der Waals surface area contributed by atoms with Gasteiger partial charge in [0.05, 0.1) is 5.52 Å². The first-order chi connectivity index (χ1) is 7.41. The molecule has 0 aliphatic carbocycles. The Balaban J connectivity index is 2.78. The van der Waals surface area contributed by atoms with E-state index in [0.29, 0.717) is 0 Å². The molecule has 2 rings (SSSR count). The van der Waals surface area contributed by atoms with Crippen LogP contribution < -0.4 is 10.2 Å². The molecule has 0 saturated carbocycles. The quantitative estimate of drug-likeness (QED) is 0.806. The van der Waals surface area contributed by atoms with E-state index >= 15 is 0 Å². The lowest BCUT2D eigenvalue weighted by atomic mass is 10.2. The zero-order valence-corrected chi connectivity index (χ0v) is 11.6. The predicted molar refractivity (Wildman–Crippen MR) is 73.4 cm³/mol. The van der Waals surface area contributed by atoms with Gasteiger partial charge in [-0.2, -0.15) is 5.10 Å². The molecule has 3 nitrogen and oxygen atoms in total. The second-order valence-electron chi connectivity index (χ2n) is 5.41. The summed E-state index contributed by atoms with van der Waals surface area (Å²) in [5.74, 6) is 0. The van der Waals surface area contributed by atoms with Crippen molar-refractivity contribution in [2.24, 2.45) is 0 Å². The summed E-state index contributed by atoms with van der Waals surface area (Å²) in [5, 5.41) is 10.3. The van der Waals surface area contributed by atoms with Crippen LogP contribution in [0.15, 0.2) is 18.2 Å². The highest BCUT2D eigenvalue weighted by Crippen LogP contribution is 2.24. The third-order valence-electron chi connectivity index (χ3n) is 2.79. The Morgan fingerprint density at radius 1 is 1.19 bits per heavy atom. The maximum absolute atomic E-state index is 4.41. The van der Waals surface area contributed by atoms with Crippen LogP contribution in [0.5, 0.6) is 0 Å². The molecule has 1 N–H and O–H groups in total. The number of fused-ring (bicyclic) bond motifs is 1. The smallest absolute Gasteiger partial charge is 0.101 e. The van der Waals surface area contributed by atoms with Crippen LogP contribution in [0, 0.1) is 0 Å². The Hall–Kier alpha value is -1.29. The van der Waals surface area contributed by atoms with Crippen molar-refractivity contribution in [1.29, 1.82) is 0 Å². The zero-order chi connectivity index (χ0) is 11.9. The molecule has 16 heavy (non-hydrogen) atoms. The number of rotatable bonds is 2. The normalized spacial score (nSPS) is 12.1. The average molecular weight is 233 g/mol. The minimum atomic E-state index is -1.37. The monoisotopic (exact) mass is 233 g/mol. The van der Waals surface area contributed by atoms with Crippen molar-refractivity contribution in [2.75, 3.05) is 19.0 Å². The molecule has 4 heteroatoms. The highest BCUT2D eigenvalue weighted by Gasteiger charge is 2.23. The predicted octanol–water partition coefficient (Wildman–Crippen LogP) is 2.17. The van der Waals surface area contributed by atoms with Crippen LogP contribution in [-0.2, 0) is 0 Å². The Bertz CT molecular complexity index is 508. The third kappa shape index (κ3) is 1.73. The van der Waals surface area contributed by atoms with Crippen LogP contribution in [0.25, 0.3) is 10.9 Å². The number of anilines is 1. The molecule has 0 bridgehead atoms.